The minimum absolute atomic E-state index is 0.120. The summed E-state index contributed by atoms with van der Waals surface area (Å²) >= 11 is 0. The molecule has 4 heteroatoms. The number of carbonyl (C=O) groups excluding carboxylic acids is 2. The number of esters is 2. The molecule has 0 bridgehead atoms. The molecule has 4 nitrogen and oxygen atoms in total. The molecule has 0 amide bonds. The Balaban J connectivity index is 1.49. The zero-order valence-corrected chi connectivity index (χ0v) is 22.5. The van der Waals surface area contributed by atoms with E-state index in [0.29, 0.717) is 24.2 Å². The van der Waals surface area contributed by atoms with Crippen LogP contribution in [0.3, 0.4) is 0 Å². The van der Waals surface area contributed by atoms with Crippen molar-refractivity contribution in [1.82, 2.24) is 0 Å². The van der Waals surface area contributed by atoms with E-state index in [-0.39, 0.29) is 28.7 Å². The molecule has 0 aliphatic heterocycles. The first kappa shape index (κ1) is 26.0. The van der Waals surface area contributed by atoms with Gasteiger partial charge in [0.1, 0.15) is 6.10 Å². The number of fused-ring (bicyclic) bond motifs is 3. The summed E-state index contributed by atoms with van der Waals surface area (Å²) in [5.41, 5.74) is 5.07. The largest absolute Gasteiger partial charge is 0.462 e. The third kappa shape index (κ3) is 4.80. The molecule has 5 rings (SSSR count). The Kier molecular flexibility index (Phi) is 7.00. The van der Waals surface area contributed by atoms with E-state index in [0.717, 1.165) is 36.0 Å². The molecule has 38 heavy (non-hydrogen) atoms. The van der Waals surface area contributed by atoms with Crippen LogP contribution in [0.2, 0.25) is 0 Å². The van der Waals surface area contributed by atoms with Crippen molar-refractivity contribution >= 4 is 17.5 Å². The van der Waals surface area contributed by atoms with Crippen molar-refractivity contribution < 1.29 is 19.1 Å². The molecule has 0 heterocycles. The van der Waals surface area contributed by atoms with Crippen LogP contribution in [0.25, 0.3) is 5.57 Å². The molecule has 3 aromatic rings. The van der Waals surface area contributed by atoms with Gasteiger partial charge in [-0.15, -0.1) is 0 Å². The number of benzene rings is 3. The van der Waals surface area contributed by atoms with Crippen molar-refractivity contribution in [2.75, 3.05) is 6.61 Å². The number of hydrogen-bond donors (Lipinski definition) is 0. The molecular formula is C34H36O4. The van der Waals surface area contributed by atoms with Crippen molar-refractivity contribution in [3.8, 4) is 0 Å². The van der Waals surface area contributed by atoms with Crippen molar-refractivity contribution in [3.63, 3.8) is 0 Å². The standard InChI is InChI=1S/C34H36O4/c1-23(2)26-16-17-28-27(20-26)29(38-32(36)25-14-9-6-10-15-25)21-30-33(3,18-11-19-34(28,30)4)22-37-31(35)24-12-7-5-8-13-24/h5-10,12-17,20,29-30H,1,11,18-19,21-22H2,2-4H3/t29-,30-,33+,34-/m1/s1. The Morgan fingerprint density at radius 2 is 1.50 bits per heavy atom. The number of ether oxygens (including phenoxy) is 2. The van der Waals surface area contributed by atoms with Gasteiger partial charge in [0, 0.05) is 5.41 Å². The fourth-order valence-corrected chi connectivity index (χ4v) is 6.74. The summed E-state index contributed by atoms with van der Waals surface area (Å²) in [6.45, 7) is 11.0. The van der Waals surface area contributed by atoms with Gasteiger partial charge in [0.05, 0.1) is 17.7 Å². The van der Waals surface area contributed by atoms with E-state index in [1.165, 1.54) is 5.56 Å². The first-order valence-corrected chi connectivity index (χ1v) is 13.5. The smallest absolute Gasteiger partial charge is 0.338 e. The third-order valence-corrected chi connectivity index (χ3v) is 8.81. The maximum atomic E-state index is 13.2. The second-order valence-electron chi connectivity index (χ2n) is 11.5. The van der Waals surface area contributed by atoms with E-state index < -0.39 is 6.10 Å². The lowest BCUT2D eigenvalue weighted by Crippen LogP contribution is -2.52. The number of carbonyl (C=O) groups is 2. The summed E-state index contributed by atoms with van der Waals surface area (Å²) in [6.07, 6.45) is 3.33. The summed E-state index contributed by atoms with van der Waals surface area (Å²) in [7, 11) is 0. The predicted octanol–water partition coefficient (Wildman–Crippen LogP) is 7.94. The maximum Gasteiger partial charge on any atom is 0.338 e. The second-order valence-corrected chi connectivity index (χ2v) is 11.5. The van der Waals surface area contributed by atoms with Crippen LogP contribution >= 0.6 is 0 Å². The van der Waals surface area contributed by atoms with E-state index in [9.17, 15) is 9.59 Å². The van der Waals surface area contributed by atoms with E-state index >= 15 is 0 Å². The highest BCUT2D eigenvalue weighted by molar-refractivity contribution is 5.90. The van der Waals surface area contributed by atoms with Gasteiger partial charge in [0.2, 0.25) is 0 Å². The lowest BCUT2D eigenvalue weighted by Gasteiger charge is -2.56. The number of allylic oxidation sites excluding steroid dienone is 1. The van der Waals surface area contributed by atoms with E-state index in [4.69, 9.17) is 9.47 Å². The molecule has 1 saturated carbocycles. The van der Waals surface area contributed by atoms with Crippen LogP contribution < -0.4 is 0 Å². The predicted molar refractivity (Wildman–Crippen MR) is 150 cm³/mol. The Morgan fingerprint density at radius 1 is 0.868 bits per heavy atom. The minimum atomic E-state index is -0.391. The highest BCUT2D eigenvalue weighted by Crippen LogP contribution is 2.60. The van der Waals surface area contributed by atoms with Gasteiger partial charge in [0.15, 0.2) is 0 Å². The number of hydrogen-bond acceptors (Lipinski definition) is 4. The van der Waals surface area contributed by atoms with Gasteiger partial charge >= 0.3 is 11.9 Å². The SMILES string of the molecule is C=C(C)c1ccc2c(c1)[C@H](OC(=O)c1ccccc1)C[C@@H]1[C@](C)(COC(=O)c3ccccc3)CCC[C@]21C. The summed E-state index contributed by atoms with van der Waals surface area (Å²) < 4.78 is 12.2. The molecule has 4 atom stereocenters. The van der Waals surface area contributed by atoms with Crippen LogP contribution in [0.5, 0.6) is 0 Å². The van der Waals surface area contributed by atoms with E-state index in [2.05, 4.69) is 38.6 Å². The summed E-state index contributed by atoms with van der Waals surface area (Å²) in [5.74, 6) is -0.448. The van der Waals surface area contributed by atoms with Crippen molar-refractivity contribution in [3.05, 3.63) is 113 Å². The van der Waals surface area contributed by atoms with Gasteiger partial charge in [-0.2, -0.15) is 0 Å². The first-order valence-electron chi connectivity index (χ1n) is 13.5. The fourth-order valence-electron chi connectivity index (χ4n) is 6.74. The van der Waals surface area contributed by atoms with E-state index in [1.807, 2.05) is 43.3 Å². The lowest BCUT2D eigenvalue weighted by atomic mass is 9.49. The zero-order chi connectivity index (χ0) is 26.9. The summed E-state index contributed by atoms with van der Waals surface area (Å²) in [6, 6.07) is 24.8. The normalized spacial score (nSPS) is 26.0. The van der Waals surface area contributed by atoms with Crippen LogP contribution in [-0.2, 0) is 14.9 Å². The molecular weight excluding hydrogens is 472 g/mol. The van der Waals surface area contributed by atoms with Crippen molar-refractivity contribution in [1.29, 1.82) is 0 Å². The molecule has 0 N–H and O–H groups in total. The van der Waals surface area contributed by atoms with Gasteiger partial charge < -0.3 is 9.47 Å². The van der Waals surface area contributed by atoms with E-state index in [1.54, 1.807) is 24.3 Å². The molecule has 0 aromatic heterocycles. The van der Waals surface area contributed by atoms with Crippen LogP contribution in [-0.4, -0.2) is 18.5 Å². The van der Waals surface area contributed by atoms with Crippen molar-refractivity contribution in [2.24, 2.45) is 11.3 Å². The molecule has 196 valence electrons. The van der Waals surface area contributed by atoms with Crippen molar-refractivity contribution in [2.45, 2.75) is 58.0 Å². The molecule has 0 radical (unpaired) electrons. The van der Waals surface area contributed by atoms with Crippen LogP contribution in [0.4, 0.5) is 0 Å². The van der Waals surface area contributed by atoms with Crippen LogP contribution in [0.15, 0.2) is 85.4 Å². The van der Waals surface area contributed by atoms with Crippen LogP contribution in [0, 0.1) is 11.3 Å². The van der Waals surface area contributed by atoms with Gasteiger partial charge in [-0.3, -0.25) is 0 Å². The van der Waals surface area contributed by atoms with Crippen LogP contribution in [0.1, 0.15) is 90.0 Å². The maximum absolute atomic E-state index is 13.2. The Labute approximate surface area is 225 Å². The Morgan fingerprint density at radius 3 is 2.13 bits per heavy atom. The molecule has 3 aromatic carbocycles. The average molecular weight is 509 g/mol. The minimum Gasteiger partial charge on any atom is -0.462 e. The third-order valence-electron chi connectivity index (χ3n) is 8.81. The highest BCUT2D eigenvalue weighted by Gasteiger charge is 2.55. The Hall–Kier alpha value is -3.66. The molecule has 0 saturated heterocycles. The van der Waals surface area contributed by atoms with Gasteiger partial charge in [-0.05, 0) is 84.5 Å². The topological polar surface area (TPSA) is 52.6 Å². The van der Waals surface area contributed by atoms with Gasteiger partial charge in [-0.25, -0.2) is 9.59 Å². The van der Waals surface area contributed by atoms with Gasteiger partial charge in [-0.1, -0.05) is 81.0 Å². The zero-order valence-electron chi connectivity index (χ0n) is 22.5. The quantitative estimate of drug-likeness (QED) is 0.317. The Bertz CT molecular complexity index is 1350. The molecule has 1 fully saturated rings. The highest BCUT2D eigenvalue weighted by atomic mass is 16.5. The number of rotatable bonds is 6. The summed E-state index contributed by atoms with van der Waals surface area (Å²) in [5, 5.41) is 0. The fraction of sp³-hybridized carbons (Fsp3) is 0.353. The average Bonchev–Trinajstić information content (AvgIpc) is 2.93. The molecule has 2 aliphatic rings. The van der Waals surface area contributed by atoms with Gasteiger partial charge in [0.25, 0.3) is 0 Å². The second kappa shape index (κ2) is 10.2. The molecule has 0 unspecified atom stereocenters. The summed E-state index contributed by atoms with van der Waals surface area (Å²) in [4.78, 5) is 26.0. The lowest BCUT2D eigenvalue weighted by molar-refractivity contribution is -0.0597. The molecule has 2 aliphatic carbocycles. The molecule has 0 spiro atoms. The monoisotopic (exact) mass is 508 g/mol. The first-order chi connectivity index (χ1) is 18.2.